The summed E-state index contributed by atoms with van der Waals surface area (Å²) >= 11 is 0. The highest BCUT2D eigenvalue weighted by Crippen LogP contribution is 2.41. The van der Waals surface area contributed by atoms with Crippen molar-refractivity contribution in [2.24, 2.45) is 0 Å². The minimum atomic E-state index is -1.11. The van der Waals surface area contributed by atoms with Crippen molar-refractivity contribution in [1.29, 1.82) is 0 Å². The Bertz CT molecular complexity index is 960. The van der Waals surface area contributed by atoms with E-state index in [4.69, 9.17) is 0 Å². The summed E-state index contributed by atoms with van der Waals surface area (Å²) in [4.78, 5) is 11.3. The SMILES string of the molecule is O=C(O)c1n[nH]c2c1C=CC(c1ccc(F)cc1)(c1ccc(F)cc1)C2. The van der Waals surface area contributed by atoms with Crippen LogP contribution in [0.15, 0.2) is 54.6 Å². The van der Waals surface area contributed by atoms with Gasteiger partial charge in [0.15, 0.2) is 5.69 Å². The van der Waals surface area contributed by atoms with E-state index in [2.05, 4.69) is 10.2 Å². The van der Waals surface area contributed by atoms with Crippen molar-refractivity contribution in [3.05, 3.63) is 94.3 Å². The van der Waals surface area contributed by atoms with Crippen LogP contribution >= 0.6 is 0 Å². The number of rotatable bonds is 3. The highest BCUT2D eigenvalue weighted by Gasteiger charge is 2.37. The molecule has 0 spiro atoms. The van der Waals surface area contributed by atoms with Crippen LogP contribution in [0.25, 0.3) is 6.08 Å². The topological polar surface area (TPSA) is 66.0 Å². The summed E-state index contributed by atoms with van der Waals surface area (Å²) in [5.41, 5.74) is 2.10. The maximum atomic E-state index is 13.4. The molecule has 0 unspecified atom stereocenters. The van der Waals surface area contributed by atoms with Gasteiger partial charge in [-0.25, -0.2) is 13.6 Å². The molecule has 1 aliphatic carbocycles. The van der Waals surface area contributed by atoms with E-state index in [1.807, 2.05) is 6.08 Å². The van der Waals surface area contributed by atoms with Gasteiger partial charge in [-0.3, -0.25) is 5.10 Å². The van der Waals surface area contributed by atoms with E-state index in [1.165, 1.54) is 24.3 Å². The Hall–Kier alpha value is -3.28. The molecule has 4 nitrogen and oxygen atoms in total. The average Bonchev–Trinajstić information content (AvgIpc) is 3.06. The third kappa shape index (κ3) is 2.50. The molecule has 1 aromatic heterocycles. The van der Waals surface area contributed by atoms with Gasteiger partial charge in [0.2, 0.25) is 0 Å². The third-order valence-corrected chi connectivity index (χ3v) is 4.79. The van der Waals surface area contributed by atoms with Gasteiger partial charge in [-0.1, -0.05) is 36.4 Å². The van der Waals surface area contributed by atoms with Crippen molar-refractivity contribution in [1.82, 2.24) is 10.2 Å². The Morgan fingerprint density at radius 3 is 2.04 bits per heavy atom. The number of aromatic amines is 1. The highest BCUT2D eigenvalue weighted by atomic mass is 19.1. The number of fused-ring (bicyclic) bond motifs is 1. The van der Waals surface area contributed by atoms with E-state index in [0.717, 1.165) is 11.1 Å². The molecule has 0 atom stereocenters. The van der Waals surface area contributed by atoms with E-state index >= 15 is 0 Å². The van der Waals surface area contributed by atoms with Crippen LogP contribution in [0.2, 0.25) is 0 Å². The van der Waals surface area contributed by atoms with E-state index < -0.39 is 11.4 Å². The number of hydrogen-bond donors (Lipinski definition) is 2. The predicted octanol–water partition coefficient (Wildman–Crippen LogP) is 3.94. The smallest absolute Gasteiger partial charge is 0.357 e. The summed E-state index contributed by atoms with van der Waals surface area (Å²) in [6.45, 7) is 0. The minimum Gasteiger partial charge on any atom is -0.476 e. The Morgan fingerprint density at radius 2 is 1.54 bits per heavy atom. The molecule has 0 saturated heterocycles. The summed E-state index contributed by atoms with van der Waals surface area (Å²) < 4.78 is 26.8. The van der Waals surface area contributed by atoms with Gasteiger partial charge in [0.25, 0.3) is 0 Å². The molecule has 1 aliphatic rings. The van der Waals surface area contributed by atoms with Crippen molar-refractivity contribution in [3.63, 3.8) is 0 Å². The molecule has 6 heteroatoms. The van der Waals surface area contributed by atoms with Crippen LogP contribution in [0, 0.1) is 11.6 Å². The number of nitrogens with one attached hydrogen (secondary N) is 1. The van der Waals surface area contributed by atoms with Crippen molar-refractivity contribution in [2.45, 2.75) is 11.8 Å². The lowest BCUT2D eigenvalue weighted by Gasteiger charge is -2.34. The Labute approximate surface area is 147 Å². The van der Waals surface area contributed by atoms with Crippen LogP contribution in [0.4, 0.5) is 8.78 Å². The zero-order valence-corrected chi connectivity index (χ0v) is 13.5. The fourth-order valence-electron chi connectivity index (χ4n) is 3.49. The van der Waals surface area contributed by atoms with Crippen LogP contribution in [0.1, 0.15) is 32.9 Å². The molecule has 2 aromatic carbocycles. The first-order valence-electron chi connectivity index (χ1n) is 8.01. The first-order valence-corrected chi connectivity index (χ1v) is 8.01. The number of carboxylic acids is 1. The second-order valence-electron chi connectivity index (χ2n) is 6.26. The van der Waals surface area contributed by atoms with Crippen molar-refractivity contribution in [3.8, 4) is 0 Å². The predicted molar refractivity (Wildman–Crippen MR) is 91.9 cm³/mol. The van der Waals surface area contributed by atoms with Crippen molar-refractivity contribution in [2.75, 3.05) is 0 Å². The molecular weight excluding hydrogens is 338 g/mol. The zero-order valence-electron chi connectivity index (χ0n) is 13.5. The van der Waals surface area contributed by atoms with Crippen LogP contribution in [-0.2, 0) is 11.8 Å². The first kappa shape index (κ1) is 16.2. The van der Waals surface area contributed by atoms with Gasteiger partial charge in [-0.05, 0) is 35.4 Å². The number of aromatic carboxylic acids is 1. The lowest BCUT2D eigenvalue weighted by atomic mass is 9.68. The average molecular weight is 352 g/mol. The molecule has 0 bridgehead atoms. The number of aromatic nitrogens is 2. The molecular formula is C20H14F2N2O2. The fraction of sp³-hybridized carbons (Fsp3) is 0.100. The summed E-state index contributed by atoms with van der Waals surface area (Å²) in [5.74, 6) is -1.81. The minimum absolute atomic E-state index is 0.0388. The van der Waals surface area contributed by atoms with Crippen LogP contribution < -0.4 is 0 Å². The largest absolute Gasteiger partial charge is 0.476 e. The number of halogens is 2. The van der Waals surface area contributed by atoms with E-state index in [-0.39, 0.29) is 17.3 Å². The molecule has 0 saturated carbocycles. The molecule has 0 radical (unpaired) electrons. The monoisotopic (exact) mass is 352 g/mol. The van der Waals surface area contributed by atoms with Gasteiger partial charge in [0.1, 0.15) is 11.6 Å². The molecule has 0 fully saturated rings. The van der Waals surface area contributed by atoms with Crippen LogP contribution in [-0.4, -0.2) is 21.3 Å². The van der Waals surface area contributed by atoms with Gasteiger partial charge < -0.3 is 5.11 Å². The third-order valence-electron chi connectivity index (χ3n) is 4.79. The molecule has 1 heterocycles. The van der Waals surface area contributed by atoms with E-state index in [1.54, 1.807) is 30.3 Å². The molecule has 2 N–H and O–H groups in total. The molecule has 4 rings (SSSR count). The van der Waals surface area contributed by atoms with Gasteiger partial charge in [0, 0.05) is 23.1 Å². The Morgan fingerprint density at radius 1 is 1.00 bits per heavy atom. The van der Waals surface area contributed by atoms with Gasteiger partial charge in [-0.2, -0.15) is 5.10 Å². The fourth-order valence-corrected chi connectivity index (χ4v) is 3.49. The Kier molecular flexibility index (Phi) is 3.68. The lowest BCUT2D eigenvalue weighted by Crippen LogP contribution is -2.30. The number of hydrogen-bond acceptors (Lipinski definition) is 2. The highest BCUT2D eigenvalue weighted by molar-refractivity contribution is 5.91. The molecule has 0 aliphatic heterocycles. The molecule has 0 amide bonds. The maximum absolute atomic E-state index is 13.4. The standard InChI is InChI=1S/C20H14F2N2O2/c21-14-5-1-12(2-6-14)20(13-3-7-15(22)8-4-13)10-9-16-17(11-20)23-24-18(16)19(25)26/h1-10H,11H2,(H,23,24)(H,25,26). The maximum Gasteiger partial charge on any atom is 0.357 e. The van der Waals surface area contributed by atoms with E-state index in [9.17, 15) is 18.7 Å². The summed E-state index contributed by atoms with van der Waals surface area (Å²) in [6, 6.07) is 12.2. The molecule has 26 heavy (non-hydrogen) atoms. The van der Waals surface area contributed by atoms with Crippen LogP contribution in [0.5, 0.6) is 0 Å². The first-order chi connectivity index (χ1) is 12.5. The Balaban J connectivity index is 1.89. The second-order valence-corrected chi connectivity index (χ2v) is 6.26. The summed E-state index contributed by atoms with van der Waals surface area (Å²) in [7, 11) is 0. The summed E-state index contributed by atoms with van der Waals surface area (Å²) in [5, 5.41) is 15.9. The number of benzene rings is 2. The number of carboxylic acid groups (broad SMARTS) is 1. The summed E-state index contributed by atoms with van der Waals surface area (Å²) in [6.07, 6.45) is 3.98. The zero-order chi connectivity index (χ0) is 18.3. The normalized spacial score (nSPS) is 14.8. The molecule has 130 valence electrons. The lowest BCUT2D eigenvalue weighted by molar-refractivity contribution is 0.0690. The van der Waals surface area contributed by atoms with Crippen molar-refractivity contribution < 1.29 is 18.7 Å². The van der Waals surface area contributed by atoms with E-state index in [0.29, 0.717) is 17.7 Å². The van der Waals surface area contributed by atoms with Gasteiger partial charge in [-0.15, -0.1) is 0 Å². The molecule has 3 aromatic rings. The van der Waals surface area contributed by atoms with Gasteiger partial charge >= 0.3 is 5.97 Å². The van der Waals surface area contributed by atoms with Crippen LogP contribution in [0.3, 0.4) is 0 Å². The van der Waals surface area contributed by atoms with Gasteiger partial charge in [0.05, 0.1) is 0 Å². The number of H-pyrrole nitrogens is 1. The quantitative estimate of drug-likeness (QED) is 0.750. The number of nitrogens with zero attached hydrogens (tertiary/aromatic N) is 1. The van der Waals surface area contributed by atoms with Crippen molar-refractivity contribution >= 4 is 12.0 Å². The number of carbonyl (C=O) groups is 1. The second kappa shape index (κ2) is 5.91. The number of allylic oxidation sites excluding steroid dienone is 1.